The summed E-state index contributed by atoms with van der Waals surface area (Å²) in [4.78, 5) is 3.85. The number of nitrogens with zero attached hydrogens (tertiary/aromatic N) is 1. The molecule has 1 aromatic heterocycles. The second kappa shape index (κ2) is 6.26. The monoisotopic (exact) mass is 294 g/mol. The molecule has 0 aliphatic carbocycles. The van der Waals surface area contributed by atoms with Gasteiger partial charge in [-0.25, -0.2) is 4.39 Å². The zero-order valence-corrected chi connectivity index (χ0v) is 11.9. The standard InChI is InChI=1S/C18H15FN2O/c19-15-8-14(10-21-11-15)17-9-16(6-7-18(17)20)22-12-13-4-2-1-3-5-13/h1-11H,12,20H2. The van der Waals surface area contributed by atoms with Crippen LogP contribution in [-0.4, -0.2) is 4.98 Å². The fraction of sp³-hybridized carbons (Fsp3) is 0.0556. The zero-order chi connectivity index (χ0) is 15.4. The smallest absolute Gasteiger partial charge is 0.142 e. The van der Waals surface area contributed by atoms with Crippen molar-refractivity contribution in [2.24, 2.45) is 0 Å². The van der Waals surface area contributed by atoms with Gasteiger partial charge in [0.25, 0.3) is 0 Å². The summed E-state index contributed by atoms with van der Waals surface area (Å²) in [6.07, 6.45) is 2.74. The maximum absolute atomic E-state index is 13.3. The van der Waals surface area contributed by atoms with Crippen molar-refractivity contribution < 1.29 is 9.13 Å². The van der Waals surface area contributed by atoms with Crippen molar-refractivity contribution in [1.29, 1.82) is 0 Å². The molecule has 2 N–H and O–H groups in total. The van der Waals surface area contributed by atoms with Gasteiger partial charge in [0.05, 0.1) is 6.20 Å². The highest BCUT2D eigenvalue weighted by Gasteiger charge is 2.07. The van der Waals surface area contributed by atoms with Gasteiger partial charge in [0.2, 0.25) is 0 Å². The maximum atomic E-state index is 13.3. The predicted octanol–water partition coefficient (Wildman–Crippen LogP) is 4.05. The van der Waals surface area contributed by atoms with Gasteiger partial charge in [-0.3, -0.25) is 4.98 Å². The van der Waals surface area contributed by atoms with E-state index in [4.69, 9.17) is 10.5 Å². The zero-order valence-electron chi connectivity index (χ0n) is 11.9. The van der Waals surface area contributed by atoms with Crippen molar-refractivity contribution in [2.75, 3.05) is 5.73 Å². The van der Waals surface area contributed by atoms with Crippen molar-refractivity contribution in [2.45, 2.75) is 6.61 Å². The van der Waals surface area contributed by atoms with Gasteiger partial charge >= 0.3 is 0 Å². The molecule has 3 aromatic rings. The fourth-order valence-corrected chi connectivity index (χ4v) is 2.18. The van der Waals surface area contributed by atoms with Crippen LogP contribution in [0.3, 0.4) is 0 Å². The Morgan fingerprint density at radius 2 is 1.82 bits per heavy atom. The van der Waals surface area contributed by atoms with Gasteiger partial charge in [-0.1, -0.05) is 30.3 Å². The summed E-state index contributed by atoms with van der Waals surface area (Å²) in [7, 11) is 0. The SMILES string of the molecule is Nc1ccc(OCc2ccccc2)cc1-c1cncc(F)c1. The number of nitrogens with two attached hydrogens (primary N) is 1. The summed E-state index contributed by atoms with van der Waals surface area (Å²) in [5.41, 5.74) is 8.94. The van der Waals surface area contributed by atoms with Crippen molar-refractivity contribution >= 4 is 5.69 Å². The highest BCUT2D eigenvalue weighted by Crippen LogP contribution is 2.30. The molecule has 0 spiro atoms. The summed E-state index contributed by atoms with van der Waals surface area (Å²) in [6.45, 7) is 0.464. The first kappa shape index (κ1) is 14.1. The van der Waals surface area contributed by atoms with Gasteiger partial charge < -0.3 is 10.5 Å². The van der Waals surface area contributed by atoms with Gasteiger partial charge in [-0.15, -0.1) is 0 Å². The Morgan fingerprint density at radius 1 is 1.00 bits per heavy atom. The van der Waals surface area contributed by atoms with Gasteiger partial charge in [0, 0.05) is 23.0 Å². The van der Waals surface area contributed by atoms with Crippen LogP contribution in [0.5, 0.6) is 5.75 Å². The lowest BCUT2D eigenvalue weighted by Gasteiger charge is -2.10. The third kappa shape index (κ3) is 3.23. The van der Waals surface area contributed by atoms with Crippen LogP contribution in [0, 0.1) is 5.82 Å². The molecule has 0 unspecified atom stereocenters. The van der Waals surface area contributed by atoms with Crippen LogP contribution in [0.1, 0.15) is 5.56 Å². The van der Waals surface area contributed by atoms with E-state index >= 15 is 0 Å². The van der Waals surface area contributed by atoms with E-state index in [0.717, 1.165) is 11.8 Å². The minimum absolute atomic E-state index is 0.396. The molecule has 3 nitrogen and oxygen atoms in total. The number of benzene rings is 2. The lowest BCUT2D eigenvalue weighted by molar-refractivity contribution is 0.306. The Kier molecular flexibility index (Phi) is 4.01. The molecule has 0 bridgehead atoms. The highest BCUT2D eigenvalue weighted by molar-refractivity contribution is 5.77. The first-order chi connectivity index (χ1) is 10.7. The normalized spacial score (nSPS) is 10.4. The van der Waals surface area contributed by atoms with E-state index in [0.29, 0.717) is 29.2 Å². The highest BCUT2D eigenvalue weighted by atomic mass is 19.1. The molecule has 0 atom stereocenters. The van der Waals surface area contributed by atoms with Gasteiger partial charge in [-0.05, 0) is 29.8 Å². The first-order valence-electron chi connectivity index (χ1n) is 6.89. The van der Waals surface area contributed by atoms with E-state index < -0.39 is 5.82 Å². The third-order valence-corrected chi connectivity index (χ3v) is 3.29. The summed E-state index contributed by atoms with van der Waals surface area (Å²) in [5.74, 6) is 0.282. The van der Waals surface area contributed by atoms with Gasteiger partial charge in [0.1, 0.15) is 18.2 Å². The second-order valence-corrected chi connectivity index (χ2v) is 4.92. The molecule has 1 heterocycles. The van der Waals surface area contributed by atoms with Crippen LogP contribution in [0.2, 0.25) is 0 Å². The molecule has 0 saturated heterocycles. The number of hydrogen-bond acceptors (Lipinski definition) is 3. The topological polar surface area (TPSA) is 48.1 Å². The van der Waals surface area contributed by atoms with E-state index in [1.807, 2.05) is 30.3 Å². The average Bonchev–Trinajstić information content (AvgIpc) is 2.55. The number of pyridine rings is 1. The molecule has 0 fully saturated rings. The molecule has 0 aliphatic rings. The number of nitrogen functional groups attached to an aromatic ring is 1. The summed E-state index contributed by atoms with van der Waals surface area (Å²) in [6, 6.07) is 16.6. The van der Waals surface area contributed by atoms with E-state index in [1.54, 1.807) is 24.4 Å². The van der Waals surface area contributed by atoms with Crippen LogP contribution in [0.25, 0.3) is 11.1 Å². The molecule has 110 valence electrons. The lowest BCUT2D eigenvalue weighted by atomic mass is 10.1. The molecule has 0 aliphatic heterocycles. The largest absolute Gasteiger partial charge is 0.489 e. The molecular formula is C18H15FN2O. The second-order valence-electron chi connectivity index (χ2n) is 4.92. The minimum Gasteiger partial charge on any atom is -0.489 e. The molecule has 0 amide bonds. The lowest BCUT2D eigenvalue weighted by Crippen LogP contribution is -1.97. The molecule has 4 heteroatoms. The van der Waals surface area contributed by atoms with Crippen molar-refractivity contribution in [3.05, 3.63) is 78.4 Å². The third-order valence-electron chi connectivity index (χ3n) is 3.29. The van der Waals surface area contributed by atoms with Crippen molar-refractivity contribution in [1.82, 2.24) is 4.98 Å². The number of anilines is 1. The quantitative estimate of drug-likeness (QED) is 0.738. The number of rotatable bonds is 4. The Hall–Kier alpha value is -2.88. The molecule has 22 heavy (non-hydrogen) atoms. The van der Waals surface area contributed by atoms with E-state index in [9.17, 15) is 4.39 Å². The summed E-state index contributed by atoms with van der Waals surface area (Å²) >= 11 is 0. The summed E-state index contributed by atoms with van der Waals surface area (Å²) < 4.78 is 19.1. The van der Waals surface area contributed by atoms with E-state index in [2.05, 4.69) is 4.98 Å². The minimum atomic E-state index is -0.396. The number of hydrogen-bond donors (Lipinski definition) is 1. The number of ether oxygens (including phenoxy) is 1. The van der Waals surface area contributed by atoms with Crippen LogP contribution >= 0.6 is 0 Å². The Balaban J connectivity index is 1.84. The average molecular weight is 294 g/mol. The maximum Gasteiger partial charge on any atom is 0.142 e. The van der Waals surface area contributed by atoms with Crippen LogP contribution in [0.4, 0.5) is 10.1 Å². The fourth-order valence-electron chi connectivity index (χ4n) is 2.18. The van der Waals surface area contributed by atoms with Crippen LogP contribution < -0.4 is 10.5 Å². The molecule has 3 rings (SSSR count). The molecule has 0 radical (unpaired) electrons. The van der Waals surface area contributed by atoms with Crippen LogP contribution in [-0.2, 0) is 6.61 Å². The summed E-state index contributed by atoms with van der Waals surface area (Å²) in [5, 5.41) is 0. The Morgan fingerprint density at radius 3 is 2.59 bits per heavy atom. The van der Waals surface area contributed by atoms with Crippen molar-refractivity contribution in [3.63, 3.8) is 0 Å². The Labute approximate surface area is 128 Å². The Bertz CT molecular complexity index is 775. The molecule has 2 aromatic carbocycles. The predicted molar refractivity (Wildman–Crippen MR) is 84.8 cm³/mol. The molecule has 0 saturated carbocycles. The van der Waals surface area contributed by atoms with Gasteiger partial charge in [-0.2, -0.15) is 0 Å². The van der Waals surface area contributed by atoms with Crippen LogP contribution in [0.15, 0.2) is 67.0 Å². The van der Waals surface area contributed by atoms with Crippen molar-refractivity contribution in [3.8, 4) is 16.9 Å². The van der Waals surface area contributed by atoms with E-state index in [-0.39, 0.29) is 0 Å². The van der Waals surface area contributed by atoms with E-state index in [1.165, 1.54) is 6.07 Å². The number of aromatic nitrogens is 1. The van der Waals surface area contributed by atoms with Gasteiger partial charge in [0.15, 0.2) is 0 Å². The first-order valence-corrected chi connectivity index (χ1v) is 6.89. The molecular weight excluding hydrogens is 279 g/mol. The number of halogens is 1.